The average Bonchev–Trinajstić information content (AvgIpc) is 2.37. The molecule has 0 saturated heterocycles. The van der Waals surface area contributed by atoms with Gasteiger partial charge in [-0.05, 0) is 25.3 Å². The molecule has 94 valence electrons. The molecule has 1 N–H and O–H groups in total. The molecule has 1 rings (SSSR count). The van der Waals surface area contributed by atoms with Gasteiger partial charge in [-0.15, -0.1) is 0 Å². The van der Waals surface area contributed by atoms with Gasteiger partial charge < -0.3 is 10.1 Å². The number of ether oxygens (including phenoxy) is 1. The van der Waals surface area contributed by atoms with Crippen LogP contribution in [0.3, 0.4) is 0 Å². The highest BCUT2D eigenvalue weighted by molar-refractivity contribution is 5.69. The van der Waals surface area contributed by atoms with Gasteiger partial charge in [0.2, 0.25) is 0 Å². The smallest absolute Gasteiger partial charge is 0.306 e. The Kier molecular flexibility index (Phi) is 6.33. The molecule has 0 aliphatic carbocycles. The molecule has 0 spiro atoms. The maximum Gasteiger partial charge on any atom is 0.306 e. The number of rotatable bonds is 7. The van der Waals surface area contributed by atoms with Gasteiger partial charge in [-0.3, -0.25) is 4.79 Å². The Bertz CT molecular complexity index is 324. The van der Waals surface area contributed by atoms with Gasteiger partial charge in [0, 0.05) is 12.6 Å². The summed E-state index contributed by atoms with van der Waals surface area (Å²) in [4.78, 5) is 10.9. The number of carbonyl (C=O) groups is 1. The Labute approximate surface area is 103 Å². The standard InChI is InChI=1S/C14H21NO2/c1-12(15-11-10-14(16)17-2)8-9-13-6-4-3-5-7-13/h3-7,12,15H,8-11H2,1-2H3. The monoisotopic (exact) mass is 235 g/mol. The van der Waals surface area contributed by atoms with Crippen molar-refractivity contribution in [1.29, 1.82) is 0 Å². The Hall–Kier alpha value is -1.35. The zero-order chi connectivity index (χ0) is 12.5. The molecule has 17 heavy (non-hydrogen) atoms. The zero-order valence-corrected chi connectivity index (χ0v) is 10.6. The van der Waals surface area contributed by atoms with E-state index in [9.17, 15) is 4.79 Å². The van der Waals surface area contributed by atoms with E-state index in [1.165, 1.54) is 12.7 Å². The molecule has 0 bridgehead atoms. The highest BCUT2D eigenvalue weighted by Gasteiger charge is 2.04. The first-order valence-corrected chi connectivity index (χ1v) is 6.06. The fraction of sp³-hybridized carbons (Fsp3) is 0.500. The second kappa shape index (κ2) is 7.85. The average molecular weight is 235 g/mol. The van der Waals surface area contributed by atoms with Crippen molar-refractivity contribution in [2.24, 2.45) is 0 Å². The summed E-state index contributed by atoms with van der Waals surface area (Å²) in [5.74, 6) is -0.159. The summed E-state index contributed by atoms with van der Waals surface area (Å²) < 4.78 is 4.58. The molecule has 0 aliphatic rings. The fourth-order valence-electron chi connectivity index (χ4n) is 1.65. The van der Waals surface area contributed by atoms with Gasteiger partial charge in [0.05, 0.1) is 13.5 Å². The minimum absolute atomic E-state index is 0.159. The number of nitrogens with one attached hydrogen (secondary N) is 1. The maximum absolute atomic E-state index is 10.9. The lowest BCUT2D eigenvalue weighted by molar-refractivity contribution is -0.140. The first-order valence-electron chi connectivity index (χ1n) is 6.06. The number of methoxy groups -OCH3 is 1. The summed E-state index contributed by atoms with van der Waals surface area (Å²) >= 11 is 0. The van der Waals surface area contributed by atoms with Crippen LogP contribution in [-0.2, 0) is 16.0 Å². The normalized spacial score (nSPS) is 12.1. The Balaban J connectivity index is 2.13. The van der Waals surface area contributed by atoms with E-state index in [0.29, 0.717) is 19.0 Å². The second-order valence-electron chi connectivity index (χ2n) is 4.21. The fourth-order valence-corrected chi connectivity index (χ4v) is 1.65. The Morgan fingerprint density at radius 3 is 2.71 bits per heavy atom. The summed E-state index contributed by atoms with van der Waals surface area (Å²) in [7, 11) is 1.42. The molecule has 1 unspecified atom stereocenters. The Morgan fingerprint density at radius 2 is 2.06 bits per heavy atom. The second-order valence-corrected chi connectivity index (χ2v) is 4.21. The molecular formula is C14H21NO2. The lowest BCUT2D eigenvalue weighted by atomic mass is 10.1. The van der Waals surface area contributed by atoms with Gasteiger partial charge >= 0.3 is 5.97 Å². The third kappa shape index (κ3) is 6.07. The van der Waals surface area contributed by atoms with Gasteiger partial charge in [-0.2, -0.15) is 0 Å². The third-order valence-electron chi connectivity index (χ3n) is 2.76. The van der Waals surface area contributed by atoms with E-state index < -0.39 is 0 Å². The largest absolute Gasteiger partial charge is 0.469 e. The van der Waals surface area contributed by atoms with Crippen LogP contribution >= 0.6 is 0 Å². The Morgan fingerprint density at radius 1 is 1.35 bits per heavy atom. The molecule has 0 aromatic heterocycles. The zero-order valence-electron chi connectivity index (χ0n) is 10.6. The van der Waals surface area contributed by atoms with Crippen LogP contribution in [0.15, 0.2) is 30.3 Å². The lowest BCUT2D eigenvalue weighted by Crippen LogP contribution is -2.29. The van der Waals surface area contributed by atoms with Crippen LogP contribution in [0.2, 0.25) is 0 Å². The van der Waals surface area contributed by atoms with Crippen molar-refractivity contribution < 1.29 is 9.53 Å². The summed E-state index contributed by atoms with van der Waals surface area (Å²) in [5, 5.41) is 3.32. The van der Waals surface area contributed by atoms with Crippen molar-refractivity contribution in [3.05, 3.63) is 35.9 Å². The van der Waals surface area contributed by atoms with E-state index in [0.717, 1.165) is 12.8 Å². The SMILES string of the molecule is COC(=O)CCNC(C)CCc1ccccc1. The number of esters is 1. The summed E-state index contributed by atoms with van der Waals surface area (Å²) in [5.41, 5.74) is 1.36. The van der Waals surface area contributed by atoms with Crippen molar-refractivity contribution >= 4 is 5.97 Å². The van der Waals surface area contributed by atoms with E-state index in [-0.39, 0.29) is 5.97 Å². The summed E-state index contributed by atoms with van der Waals surface area (Å²) in [6, 6.07) is 10.8. The minimum Gasteiger partial charge on any atom is -0.469 e. The highest BCUT2D eigenvalue weighted by Crippen LogP contribution is 2.04. The number of benzene rings is 1. The van der Waals surface area contributed by atoms with E-state index in [4.69, 9.17) is 0 Å². The van der Waals surface area contributed by atoms with Crippen LogP contribution in [0.1, 0.15) is 25.3 Å². The molecule has 0 radical (unpaired) electrons. The van der Waals surface area contributed by atoms with Crippen LogP contribution in [0.5, 0.6) is 0 Å². The molecule has 1 aromatic carbocycles. The number of hydrogen-bond donors (Lipinski definition) is 1. The lowest BCUT2D eigenvalue weighted by Gasteiger charge is -2.13. The molecule has 0 aliphatic heterocycles. The molecule has 0 heterocycles. The van der Waals surface area contributed by atoms with Crippen molar-refractivity contribution in [3.63, 3.8) is 0 Å². The predicted octanol–water partition coefficient (Wildman–Crippen LogP) is 2.16. The molecule has 3 nitrogen and oxygen atoms in total. The van der Waals surface area contributed by atoms with E-state index in [1.54, 1.807) is 0 Å². The van der Waals surface area contributed by atoms with Crippen LogP contribution in [-0.4, -0.2) is 25.7 Å². The van der Waals surface area contributed by atoms with Crippen LogP contribution in [0, 0.1) is 0 Å². The van der Waals surface area contributed by atoms with Crippen LogP contribution in [0.4, 0.5) is 0 Å². The number of carbonyl (C=O) groups excluding carboxylic acids is 1. The highest BCUT2D eigenvalue weighted by atomic mass is 16.5. The topological polar surface area (TPSA) is 38.3 Å². The molecular weight excluding hydrogens is 214 g/mol. The van der Waals surface area contributed by atoms with Gasteiger partial charge in [-0.25, -0.2) is 0 Å². The van der Waals surface area contributed by atoms with Crippen molar-refractivity contribution in [2.75, 3.05) is 13.7 Å². The van der Waals surface area contributed by atoms with Crippen LogP contribution in [0.25, 0.3) is 0 Å². The summed E-state index contributed by atoms with van der Waals surface area (Å²) in [6.45, 7) is 2.82. The van der Waals surface area contributed by atoms with E-state index in [1.807, 2.05) is 6.07 Å². The van der Waals surface area contributed by atoms with Gasteiger partial charge in [-0.1, -0.05) is 30.3 Å². The predicted molar refractivity (Wildman–Crippen MR) is 68.9 cm³/mol. The molecule has 0 amide bonds. The number of hydrogen-bond acceptors (Lipinski definition) is 3. The van der Waals surface area contributed by atoms with Crippen molar-refractivity contribution in [3.8, 4) is 0 Å². The first kappa shape index (κ1) is 13.7. The quantitative estimate of drug-likeness (QED) is 0.736. The third-order valence-corrected chi connectivity index (χ3v) is 2.76. The number of aryl methyl sites for hydroxylation is 1. The summed E-state index contributed by atoms with van der Waals surface area (Å²) in [6.07, 6.45) is 2.57. The molecule has 0 fully saturated rings. The van der Waals surface area contributed by atoms with E-state index in [2.05, 4.69) is 41.2 Å². The first-order chi connectivity index (χ1) is 8.22. The molecule has 1 aromatic rings. The van der Waals surface area contributed by atoms with Gasteiger partial charge in [0.25, 0.3) is 0 Å². The maximum atomic E-state index is 10.9. The molecule has 0 saturated carbocycles. The van der Waals surface area contributed by atoms with E-state index >= 15 is 0 Å². The van der Waals surface area contributed by atoms with Crippen molar-refractivity contribution in [2.45, 2.75) is 32.2 Å². The van der Waals surface area contributed by atoms with Gasteiger partial charge in [0.15, 0.2) is 0 Å². The van der Waals surface area contributed by atoms with Crippen LogP contribution < -0.4 is 5.32 Å². The minimum atomic E-state index is -0.159. The van der Waals surface area contributed by atoms with Crippen molar-refractivity contribution in [1.82, 2.24) is 5.32 Å². The molecule has 3 heteroatoms. The van der Waals surface area contributed by atoms with Gasteiger partial charge in [0.1, 0.15) is 0 Å². The molecule has 1 atom stereocenters.